The van der Waals surface area contributed by atoms with Gasteiger partial charge in [-0.15, -0.1) is 0 Å². The number of nitrogens with zero attached hydrogens (tertiary/aromatic N) is 2. The number of hydrogen-bond donors (Lipinski definition) is 2. The topological polar surface area (TPSA) is 80.0 Å². The number of amides is 1. The summed E-state index contributed by atoms with van der Waals surface area (Å²) in [5.74, 6) is 1.54. The number of rotatable bonds is 4. The molecule has 0 aromatic rings. The number of nitrogens with one attached hydrogen (secondary N) is 2. The van der Waals surface area contributed by atoms with Crippen LogP contribution in [0.4, 0.5) is 4.39 Å². The minimum atomic E-state index is -1.08. The zero-order valence-corrected chi connectivity index (χ0v) is 13.6. The second-order valence-corrected chi connectivity index (χ2v) is 7.76. The van der Waals surface area contributed by atoms with Crippen molar-refractivity contribution in [3.05, 3.63) is 0 Å². The second kappa shape index (κ2) is 6.20. The lowest BCUT2D eigenvalue weighted by molar-refractivity contribution is -0.130. The Bertz CT molecular complexity index is 517. The predicted octanol–water partition coefficient (Wildman–Crippen LogP) is 1.88. The van der Waals surface area contributed by atoms with Crippen LogP contribution in [0, 0.1) is 34.5 Å². The van der Waals surface area contributed by atoms with Crippen LogP contribution in [-0.2, 0) is 4.79 Å². The first-order chi connectivity index (χ1) is 10.9. The first-order valence-corrected chi connectivity index (χ1v) is 8.53. The molecule has 3 rings (SSSR count). The Balaban J connectivity index is 1.52. The standard InChI is InChI=1S/C17H25FN4O/c1-17(5-12-2-11(7-19)3-13(12)6-17)21-9-16(23)22-10-14(18)4-15(22)8-20/h7,11-15,19,21H,2-6,9-10H2,1H3/t11?,12-,13+,14-,15-,17-/m0/s1. The molecule has 2 saturated carbocycles. The largest absolute Gasteiger partial charge is 0.323 e. The summed E-state index contributed by atoms with van der Waals surface area (Å²) in [5.41, 5.74) is -0.0605. The molecule has 0 spiro atoms. The normalized spacial score (nSPS) is 42.5. The zero-order valence-electron chi connectivity index (χ0n) is 13.6. The molecule has 6 atom stereocenters. The van der Waals surface area contributed by atoms with Crippen molar-refractivity contribution in [2.24, 2.45) is 17.8 Å². The molecular formula is C17H25FN4O. The van der Waals surface area contributed by atoms with Crippen LogP contribution in [0.2, 0.25) is 0 Å². The van der Waals surface area contributed by atoms with Crippen LogP contribution in [0.15, 0.2) is 0 Å². The highest BCUT2D eigenvalue weighted by atomic mass is 19.1. The summed E-state index contributed by atoms with van der Waals surface area (Å²) in [7, 11) is 0. The number of nitriles is 1. The highest BCUT2D eigenvalue weighted by Gasteiger charge is 2.47. The van der Waals surface area contributed by atoms with Gasteiger partial charge in [0.05, 0.1) is 19.2 Å². The van der Waals surface area contributed by atoms with E-state index in [4.69, 9.17) is 10.7 Å². The van der Waals surface area contributed by atoms with E-state index in [1.54, 1.807) is 6.21 Å². The Morgan fingerprint density at radius 2 is 2.09 bits per heavy atom. The van der Waals surface area contributed by atoms with Gasteiger partial charge in [-0.3, -0.25) is 4.79 Å². The van der Waals surface area contributed by atoms with Crippen molar-refractivity contribution in [1.82, 2.24) is 10.2 Å². The van der Waals surface area contributed by atoms with Crippen molar-refractivity contribution in [3.8, 4) is 6.07 Å². The van der Waals surface area contributed by atoms with Crippen molar-refractivity contribution in [1.29, 1.82) is 10.7 Å². The van der Waals surface area contributed by atoms with Crippen molar-refractivity contribution in [2.45, 2.75) is 56.8 Å². The maximum absolute atomic E-state index is 13.4. The second-order valence-electron chi connectivity index (χ2n) is 7.76. The van der Waals surface area contributed by atoms with E-state index in [1.165, 1.54) is 4.90 Å². The monoisotopic (exact) mass is 320 g/mol. The van der Waals surface area contributed by atoms with Crippen LogP contribution in [0.5, 0.6) is 0 Å². The number of halogens is 1. The minimum Gasteiger partial charge on any atom is -0.323 e. The van der Waals surface area contributed by atoms with Gasteiger partial charge in [0.1, 0.15) is 12.2 Å². The van der Waals surface area contributed by atoms with Crippen LogP contribution < -0.4 is 5.32 Å². The molecule has 23 heavy (non-hydrogen) atoms. The molecule has 0 radical (unpaired) electrons. The summed E-state index contributed by atoms with van der Waals surface area (Å²) in [6, 6.07) is 1.40. The molecule has 5 nitrogen and oxygen atoms in total. The maximum Gasteiger partial charge on any atom is 0.237 e. The lowest BCUT2D eigenvalue weighted by atomic mass is 9.93. The molecule has 0 aromatic carbocycles. The van der Waals surface area contributed by atoms with Gasteiger partial charge in [0.15, 0.2) is 0 Å². The van der Waals surface area contributed by atoms with Gasteiger partial charge in [0, 0.05) is 12.0 Å². The Hall–Kier alpha value is -1.48. The summed E-state index contributed by atoms with van der Waals surface area (Å²) in [6.45, 7) is 2.37. The van der Waals surface area contributed by atoms with Crippen LogP contribution in [0.3, 0.4) is 0 Å². The quantitative estimate of drug-likeness (QED) is 0.776. The predicted molar refractivity (Wildman–Crippen MR) is 84.8 cm³/mol. The fourth-order valence-electron chi connectivity index (χ4n) is 4.85. The molecule has 1 aliphatic heterocycles. The molecule has 1 heterocycles. The molecule has 3 aliphatic rings. The third kappa shape index (κ3) is 3.25. The van der Waals surface area contributed by atoms with Gasteiger partial charge in [-0.25, -0.2) is 4.39 Å². The summed E-state index contributed by atoms with van der Waals surface area (Å²) >= 11 is 0. The van der Waals surface area contributed by atoms with Crippen LogP contribution in [0.25, 0.3) is 0 Å². The van der Waals surface area contributed by atoms with E-state index in [9.17, 15) is 9.18 Å². The van der Waals surface area contributed by atoms with Crippen molar-refractivity contribution >= 4 is 12.1 Å². The van der Waals surface area contributed by atoms with Gasteiger partial charge in [-0.1, -0.05) is 0 Å². The first-order valence-electron chi connectivity index (χ1n) is 8.53. The molecule has 2 N–H and O–H groups in total. The molecule has 0 bridgehead atoms. The van der Waals surface area contributed by atoms with Crippen LogP contribution in [0.1, 0.15) is 39.0 Å². The van der Waals surface area contributed by atoms with E-state index in [2.05, 4.69) is 12.2 Å². The summed E-state index contributed by atoms with van der Waals surface area (Å²) in [5, 5.41) is 19.8. The molecule has 6 heteroatoms. The average molecular weight is 320 g/mol. The van der Waals surface area contributed by atoms with Crippen molar-refractivity contribution < 1.29 is 9.18 Å². The molecule has 0 aromatic heterocycles. The molecule has 1 amide bonds. The number of fused-ring (bicyclic) bond motifs is 1. The Morgan fingerprint density at radius 3 is 2.65 bits per heavy atom. The van der Waals surface area contributed by atoms with E-state index < -0.39 is 12.2 Å². The van der Waals surface area contributed by atoms with Gasteiger partial charge in [0.2, 0.25) is 5.91 Å². The number of carbonyl (C=O) groups excluding carboxylic acids is 1. The van der Waals surface area contributed by atoms with Gasteiger partial charge in [-0.05, 0) is 56.6 Å². The molecule has 1 unspecified atom stereocenters. The molecular weight excluding hydrogens is 295 g/mol. The van der Waals surface area contributed by atoms with E-state index >= 15 is 0 Å². The lowest BCUT2D eigenvalue weighted by Gasteiger charge is -2.29. The molecule has 2 aliphatic carbocycles. The number of alkyl halides is 1. The van der Waals surface area contributed by atoms with E-state index in [1.807, 2.05) is 6.07 Å². The van der Waals surface area contributed by atoms with E-state index in [0.717, 1.165) is 25.7 Å². The summed E-state index contributed by atoms with van der Waals surface area (Å²) in [4.78, 5) is 13.7. The Morgan fingerprint density at radius 1 is 1.43 bits per heavy atom. The summed E-state index contributed by atoms with van der Waals surface area (Å²) < 4.78 is 13.4. The van der Waals surface area contributed by atoms with Crippen molar-refractivity contribution in [3.63, 3.8) is 0 Å². The zero-order chi connectivity index (χ0) is 16.6. The number of hydrogen-bond acceptors (Lipinski definition) is 4. The fourth-order valence-corrected chi connectivity index (χ4v) is 4.85. The highest BCUT2D eigenvalue weighted by Crippen LogP contribution is 2.50. The molecule has 126 valence electrons. The van der Waals surface area contributed by atoms with E-state index in [0.29, 0.717) is 17.8 Å². The van der Waals surface area contributed by atoms with Gasteiger partial charge in [0.25, 0.3) is 0 Å². The van der Waals surface area contributed by atoms with Gasteiger partial charge >= 0.3 is 0 Å². The minimum absolute atomic E-state index is 0.0434. The average Bonchev–Trinajstić information content (AvgIpc) is 3.15. The number of likely N-dealkylation sites (tertiary alicyclic amines) is 1. The van der Waals surface area contributed by atoms with Crippen molar-refractivity contribution in [2.75, 3.05) is 13.1 Å². The highest BCUT2D eigenvalue weighted by molar-refractivity contribution is 5.79. The van der Waals surface area contributed by atoms with Gasteiger partial charge < -0.3 is 15.6 Å². The Labute approximate surface area is 136 Å². The van der Waals surface area contributed by atoms with Gasteiger partial charge in [-0.2, -0.15) is 5.26 Å². The Kier molecular flexibility index (Phi) is 4.41. The molecule has 3 fully saturated rings. The van der Waals surface area contributed by atoms with Crippen LogP contribution in [-0.4, -0.2) is 47.9 Å². The third-order valence-electron chi connectivity index (χ3n) is 5.92. The SMILES string of the molecule is C[C@@]1(NCC(=O)N2C[C@@H](F)C[C@H]2C#N)C[C@H]2CC(C=N)C[C@H]2C1. The fraction of sp³-hybridized carbons (Fsp3) is 0.824. The smallest absolute Gasteiger partial charge is 0.237 e. The van der Waals surface area contributed by atoms with Crippen LogP contribution >= 0.6 is 0 Å². The lowest BCUT2D eigenvalue weighted by Crippen LogP contribution is -2.48. The maximum atomic E-state index is 13.4. The van der Waals surface area contributed by atoms with E-state index in [-0.39, 0.29) is 31.0 Å². The number of carbonyl (C=O) groups is 1. The third-order valence-corrected chi connectivity index (χ3v) is 5.92. The molecule has 1 saturated heterocycles. The first kappa shape index (κ1) is 16.4. The summed E-state index contributed by atoms with van der Waals surface area (Å²) in [6.07, 6.45) is 4.87.